The van der Waals surface area contributed by atoms with E-state index in [1.54, 1.807) is 0 Å². The maximum atomic E-state index is 3.69. The highest BCUT2D eigenvalue weighted by atomic mass is 15.2. The third-order valence-corrected chi connectivity index (χ3v) is 4.58. The van der Waals surface area contributed by atoms with Gasteiger partial charge in [0.05, 0.1) is 0 Å². The number of piperazine rings is 1. The van der Waals surface area contributed by atoms with Crippen molar-refractivity contribution < 1.29 is 0 Å². The topological polar surface area (TPSA) is 15.3 Å². The summed E-state index contributed by atoms with van der Waals surface area (Å²) < 4.78 is 0. The highest BCUT2D eigenvalue weighted by molar-refractivity contribution is 5.19. The van der Waals surface area contributed by atoms with E-state index in [1.165, 1.54) is 31.5 Å². The highest BCUT2D eigenvalue weighted by Crippen LogP contribution is 2.26. The fourth-order valence-corrected chi connectivity index (χ4v) is 3.13. The molecule has 3 atom stereocenters. The minimum absolute atomic E-state index is 0.579. The molecule has 2 heteroatoms. The van der Waals surface area contributed by atoms with Crippen molar-refractivity contribution >= 4 is 0 Å². The second-order valence-corrected chi connectivity index (χ2v) is 5.78. The lowest BCUT2D eigenvalue weighted by Gasteiger charge is -2.40. The van der Waals surface area contributed by atoms with Crippen LogP contribution in [0.2, 0.25) is 0 Å². The fourth-order valence-electron chi connectivity index (χ4n) is 3.13. The van der Waals surface area contributed by atoms with Crippen LogP contribution in [0.15, 0.2) is 30.3 Å². The van der Waals surface area contributed by atoms with Gasteiger partial charge in [-0.3, -0.25) is 4.90 Å². The van der Waals surface area contributed by atoms with Crippen molar-refractivity contribution in [2.45, 2.75) is 45.7 Å². The molecule has 0 amide bonds. The lowest BCUT2D eigenvalue weighted by Crippen LogP contribution is -2.53. The summed E-state index contributed by atoms with van der Waals surface area (Å²) in [4.78, 5) is 2.67. The summed E-state index contributed by atoms with van der Waals surface area (Å²) in [5.74, 6) is 0.760. The molecule has 0 bridgehead atoms. The van der Waals surface area contributed by atoms with Crippen LogP contribution in [0.4, 0.5) is 0 Å². The van der Waals surface area contributed by atoms with Crippen LogP contribution in [0.25, 0.3) is 0 Å². The Labute approximate surface area is 118 Å². The summed E-state index contributed by atoms with van der Waals surface area (Å²) in [5.41, 5.74) is 1.47. The molecular formula is C17H28N2. The summed E-state index contributed by atoms with van der Waals surface area (Å²) in [6.45, 7) is 10.4. The number of hydrogen-bond acceptors (Lipinski definition) is 2. The third kappa shape index (κ3) is 3.58. The summed E-state index contributed by atoms with van der Waals surface area (Å²) in [6, 6.07) is 12.2. The monoisotopic (exact) mass is 260 g/mol. The van der Waals surface area contributed by atoms with Gasteiger partial charge in [0.15, 0.2) is 0 Å². The zero-order valence-corrected chi connectivity index (χ0v) is 12.6. The van der Waals surface area contributed by atoms with Crippen LogP contribution >= 0.6 is 0 Å². The van der Waals surface area contributed by atoms with E-state index in [2.05, 4.69) is 61.3 Å². The van der Waals surface area contributed by atoms with Gasteiger partial charge in [0.1, 0.15) is 0 Å². The average molecular weight is 260 g/mol. The molecule has 106 valence electrons. The van der Waals surface area contributed by atoms with E-state index in [-0.39, 0.29) is 0 Å². The largest absolute Gasteiger partial charge is 0.311 e. The minimum atomic E-state index is 0.579. The van der Waals surface area contributed by atoms with Crippen molar-refractivity contribution in [3.63, 3.8) is 0 Å². The lowest BCUT2D eigenvalue weighted by atomic mass is 9.94. The normalized spacial score (nSPS) is 24.1. The molecule has 1 aromatic carbocycles. The van der Waals surface area contributed by atoms with Gasteiger partial charge in [-0.1, -0.05) is 57.5 Å². The van der Waals surface area contributed by atoms with Crippen LogP contribution in [-0.2, 0) is 0 Å². The van der Waals surface area contributed by atoms with Gasteiger partial charge in [-0.2, -0.15) is 0 Å². The van der Waals surface area contributed by atoms with Crippen molar-refractivity contribution in [2.24, 2.45) is 5.92 Å². The maximum Gasteiger partial charge on any atom is 0.0346 e. The van der Waals surface area contributed by atoms with E-state index in [4.69, 9.17) is 0 Å². The SMILES string of the molecule is CCC(C)C1CN(C(CC)c2ccccc2)CCN1. The predicted octanol–water partition coefficient (Wildman–Crippen LogP) is 3.46. The molecule has 3 unspecified atom stereocenters. The van der Waals surface area contributed by atoms with Crippen LogP contribution in [0.5, 0.6) is 0 Å². The second kappa shape index (κ2) is 7.06. The average Bonchev–Trinajstić information content (AvgIpc) is 2.48. The van der Waals surface area contributed by atoms with Gasteiger partial charge < -0.3 is 5.32 Å². The Kier molecular flexibility index (Phi) is 5.41. The zero-order chi connectivity index (χ0) is 13.7. The smallest absolute Gasteiger partial charge is 0.0346 e. The molecule has 1 N–H and O–H groups in total. The predicted molar refractivity (Wildman–Crippen MR) is 82.3 cm³/mol. The first-order valence-corrected chi connectivity index (χ1v) is 7.78. The summed E-state index contributed by atoms with van der Waals surface area (Å²) >= 11 is 0. The van der Waals surface area contributed by atoms with E-state index >= 15 is 0 Å². The quantitative estimate of drug-likeness (QED) is 0.872. The van der Waals surface area contributed by atoms with Crippen molar-refractivity contribution in [1.29, 1.82) is 0 Å². The molecule has 0 saturated carbocycles. The first-order valence-electron chi connectivity index (χ1n) is 7.78. The second-order valence-electron chi connectivity index (χ2n) is 5.78. The van der Waals surface area contributed by atoms with Gasteiger partial charge in [-0.25, -0.2) is 0 Å². The van der Waals surface area contributed by atoms with Crippen molar-refractivity contribution in [1.82, 2.24) is 10.2 Å². The molecule has 19 heavy (non-hydrogen) atoms. The van der Waals surface area contributed by atoms with E-state index in [9.17, 15) is 0 Å². The number of rotatable bonds is 5. The molecule has 2 nitrogen and oxygen atoms in total. The molecule has 1 aromatic rings. The Hall–Kier alpha value is -0.860. The summed E-state index contributed by atoms with van der Waals surface area (Å²) in [6.07, 6.45) is 2.45. The van der Waals surface area contributed by atoms with Crippen molar-refractivity contribution in [3.05, 3.63) is 35.9 Å². The van der Waals surface area contributed by atoms with Crippen molar-refractivity contribution in [3.8, 4) is 0 Å². The van der Waals surface area contributed by atoms with Crippen LogP contribution < -0.4 is 5.32 Å². The molecule has 1 aliphatic rings. The molecule has 1 fully saturated rings. The number of hydrogen-bond donors (Lipinski definition) is 1. The molecule has 2 rings (SSSR count). The first kappa shape index (κ1) is 14.5. The standard InChI is InChI=1S/C17H28N2/c1-4-14(3)16-13-19(12-11-18-16)17(5-2)15-9-7-6-8-10-15/h6-10,14,16-18H,4-5,11-13H2,1-3H3. The lowest BCUT2D eigenvalue weighted by molar-refractivity contribution is 0.119. The van der Waals surface area contributed by atoms with Crippen LogP contribution in [-0.4, -0.2) is 30.6 Å². The number of nitrogens with one attached hydrogen (secondary N) is 1. The van der Waals surface area contributed by atoms with E-state index in [0.717, 1.165) is 12.5 Å². The molecule has 1 saturated heterocycles. The molecule has 1 heterocycles. The van der Waals surface area contributed by atoms with Crippen molar-refractivity contribution in [2.75, 3.05) is 19.6 Å². The molecule has 0 spiro atoms. The zero-order valence-electron chi connectivity index (χ0n) is 12.6. The van der Waals surface area contributed by atoms with Crippen LogP contribution in [0.3, 0.4) is 0 Å². The van der Waals surface area contributed by atoms with Gasteiger partial charge >= 0.3 is 0 Å². The molecular weight excluding hydrogens is 232 g/mol. The Bertz CT molecular complexity index is 363. The Morgan fingerprint density at radius 3 is 2.58 bits per heavy atom. The van der Waals surface area contributed by atoms with E-state index < -0.39 is 0 Å². The molecule has 0 radical (unpaired) electrons. The maximum absolute atomic E-state index is 3.69. The third-order valence-electron chi connectivity index (χ3n) is 4.58. The highest BCUT2D eigenvalue weighted by Gasteiger charge is 2.27. The van der Waals surface area contributed by atoms with E-state index in [0.29, 0.717) is 12.1 Å². The van der Waals surface area contributed by atoms with Gasteiger partial charge in [0.25, 0.3) is 0 Å². The first-order chi connectivity index (χ1) is 9.26. The summed E-state index contributed by atoms with van der Waals surface area (Å²) in [5, 5.41) is 3.69. The van der Waals surface area contributed by atoms with Gasteiger partial charge in [-0.05, 0) is 17.9 Å². The van der Waals surface area contributed by atoms with Crippen LogP contribution in [0.1, 0.15) is 45.2 Å². The Morgan fingerprint density at radius 2 is 1.95 bits per heavy atom. The fraction of sp³-hybridized carbons (Fsp3) is 0.647. The molecule has 0 aliphatic carbocycles. The molecule has 0 aromatic heterocycles. The van der Waals surface area contributed by atoms with Gasteiger partial charge in [-0.15, -0.1) is 0 Å². The van der Waals surface area contributed by atoms with E-state index in [1.807, 2.05) is 0 Å². The van der Waals surface area contributed by atoms with Gasteiger partial charge in [0.2, 0.25) is 0 Å². The van der Waals surface area contributed by atoms with Crippen LogP contribution in [0, 0.1) is 5.92 Å². The van der Waals surface area contributed by atoms with Gasteiger partial charge in [0, 0.05) is 31.7 Å². The minimum Gasteiger partial charge on any atom is -0.311 e. The Morgan fingerprint density at radius 1 is 1.21 bits per heavy atom. The Balaban J connectivity index is 2.06. The molecule has 1 aliphatic heterocycles. The number of benzene rings is 1. The number of nitrogens with zero attached hydrogens (tertiary/aromatic N) is 1. The summed E-state index contributed by atoms with van der Waals surface area (Å²) in [7, 11) is 0.